The van der Waals surface area contributed by atoms with E-state index in [0.29, 0.717) is 6.54 Å². The Hall–Kier alpha value is -2.37. The molecule has 1 fully saturated rings. The highest BCUT2D eigenvalue weighted by atomic mass is 16.1. The van der Waals surface area contributed by atoms with Crippen LogP contribution in [0.25, 0.3) is 11.1 Å². The highest BCUT2D eigenvalue weighted by molar-refractivity contribution is 6.05. The summed E-state index contributed by atoms with van der Waals surface area (Å²) in [5.41, 5.74) is 5.16. The monoisotopic (exact) mass is 350 g/mol. The first-order valence-corrected chi connectivity index (χ1v) is 9.36. The molecule has 2 aromatic carbocycles. The van der Waals surface area contributed by atoms with E-state index >= 15 is 0 Å². The van der Waals surface area contributed by atoms with Crippen LogP contribution in [0.2, 0.25) is 0 Å². The molecule has 1 amide bonds. The number of carbonyl (C=O) groups is 1. The lowest BCUT2D eigenvalue weighted by atomic mass is 9.95. The maximum atomic E-state index is 12.4. The third-order valence-electron chi connectivity index (χ3n) is 5.39. The Morgan fingerprint density at radius 2 is 1.81 bits per heavy atom. The van der Waals surface area contributed by atoms with Gasteiger partial charge in [0.1, 0.15) is 0 Å². The van der Waals surface area contributed by atoms with E-state index in [9.17, 15) is 4.79 Å². The summed E-state index contributed by atoms with van der Waals surface area (Å²) >= 11 is 0. The summed E-state index contributed by atoms with van der Waals surface area (Å²) in [5, 5.41) is 6.48. The topological polar surface area (TPSA) is 47.6 Å². The quantitative estimate of drug-likeness (QED) is 0.868. The predicted molar refractivity (Wildman–Crippen MR) is 105 cm³/mol. The number of hydrogen-bond donors (Lipinski definition) is 2. The highest BCUT2D eigenvalue weighted by Crippen LogP contribution is 2.33. The van der Waals surface area contributed by atoms with E-state index in [0.717, 1.165) is 67.2 Å². The first kappa shape index (κ1) is 17.1. The van der Waals surface area contributed by atoms with Crippen molar-refractivity contribution < 1.29 is 4.79 Å². The van der Waals surface area contributed by atoms with Crippen molar-refractivity contribution in [1.29, 1.82) is 0 Å². The number of nitrogens with zero attached hydrogens (tertiary/aromatic N) is 2. The normalized spacial score (nSPS) is 17.8. The lowest BCUT2D eigenvalue weighted by molar-refractivity contribution is 0.0966. The highest BCUT2D eigenvalue weighted by Gasteiger charge is 2.25. The Kier molecular flexibility index (Phi) is 4.91. The molecular formula is C21H26N4O. The fourth-order valence-electron chi connectivity index (χ4n) is 3.80. The molecule has 2 heterocycles. The standard InChI is InChI=1S/C21H26N4O/c1-24-11-13-25(14-12-24)10-9-22-19-8-7-17(16-5-3-2-4-6-16)18-15-23-21(26)20(18)19/h2-8,22H,9-15H2,1H3,(H,23,26). The van der Waals surface area contributed by atoms with E-state index in [1.165, 1.54) is 0 Å². The molecule has 0 spiro atoms. The molecule has 0 bridgehead atoms. The molecule has 0 aliphatic carbocycles. The number of anilines is 1. The van der Waals surface area contributed by atoms with Crippen LogP contribution in [0.3, 0.4) is 0 Å². The maximum absolute atomic E-state index is 12.4. The van der Waals surface area contributed by atoms with Crippen molar-refractivity contribution in [3.8, 4) is 11.1 Å². The van der Waals surface area contributed by atoms with Crippen molar-refractivity contribution >= 4 is 11.6 Å². The van der Waals surface area contributed by atoms with Gasteiger partial charge in [-0.1, -0.05) is 36.4 Å². The van der Waals surface area contributed by atoms with Crippen LogP contribution in [0.5, 0.6) is 0 Å². The lowest BCUT2D eigenvalue weighted by Crippen LogP contribution is -2.45. The van der Waals surface area contributed by atoms with Gasteiger partial charge in [0.05, 0.1) is 5.56 Å². The van der Waals surface area contributed by atoms with Crippen LogP contribution in [0.4, 0.5) is 5.69 Å². The molecule has 136 valence electrons. The summed E-state index contributed by atoms with van der Waals surface area (Å²) in [7, 11) is 2.17. The molecule has 0 radical (unpaired) electrons. The average molecular weight is 350 g/mol. The molecule has 2 aromatic rings. The molecule has 2 N–H and O–H groups in total. The molecule has 2 aliphatic rings. The van der Waals surface area contributed by atoms with Crippen molar-refractivity contribution in [1.82, 2.24) is 15.1 Å². The van der Waals surface area contributed by atoms with E-state index in [2.05, 4.69) is 51.7 Å². The zero-order valence-corrected chi connectivity index (χ0v) is 15.3. The average Bonchev–Trinajstić information content (AvgIpc) is 3.06. The van der Waals surface area contributed by atoms with E-state index in [4.69, 9.17) is 0 Å². The molecule has 0 aromatic heterocycles. The van der Waals surface area contributed by atoms with Gasteiger partial charge in [0.25, 0.3) is 5.91 Å². The number of likely N-dealkylation sites (N-methyl/N-ethyl adjacent to an activating group) is 1. The minimum atomic E-state index is 0.0277. The van der Waals surface area contributed by atoms with Crippen LogP contribution in [-0.2, 0) is 6.54 Å². The summed E-state index contributed by atoms with van der Waals surface area (Å²) in [4.78, 5) is 17.2. The smallest absolute Gasteiger partial charge is 0.254 e. The van der Waals surface area contributed by atoms with E-state index in [-0.39, 0.29) is 5.91 Å². The third-order valence-corrected chi connectivity index (χ3v) is 5.39. The van der Waals surface area contributed by atoms with Gasteiger partial charge in [-0.15, -0.1) is 0 Å². The minimum absolute atomic E-state index is 0.0277. The maximum Gasteiger partial charge on any atom is 0.254 e. The number of fused-ring (bicyclic) bond motifs is 1. The van der Waals surface area contributed by atoms with Gasteiger partial charge in [0.15, 0.2) is 0 Å². The van der Waals surface area contributed by atoms with Crippen LogP contribution in [0.15, 0.2) is 42.5 Å². The van der Waals surface area contributed by atoms with E-state index in [1.54, 1.807) is 0 Å². The molecule has 5 nitrogen and oxygen atoms in total. The number of hydrogen-bond acceptors (Lipinski definition) is 4. The largest absolute Gasteiger partial charge is 0.383 e. The molecular weight excluding hydrogens is 324 g/mol. The molecule has 0 saturated carbocycles. The molecule has 1 saturated heterocycles. The first-order valence-electron chi connectivity index (χ1n) is 9.36. The molecule has 2 aliphatic heterocycles. The third kappa shape index (κ3) is 3.45. The van der Waals surface area contributed by atoms with Crippen molar-refractivity contribution in [2.24, 2.45) is 0 Å². The minimum Gasteiger partial charge on any atom is -0.383 e. The van der Waals surface area contributed by atoms with Gasteiger partial charge >= 0.3 is 0 Å². The number of nitrogens with one attached hydrogen (secondary N) is 2. The number of benzene rings is 2. The van der Waals surface area contributed by atoms with Crippen molar-refractivity contribution in [3.63, 3.8) is 0 Å². The summed E-state index contributed by atoms with van der Waals surface area (Å²) in [6.07, 6.45) is 0. The van der Waals surface area contributed by atoms with Crippen LogP contribution in [0.1, 0.15) is 15.9 Å². The van der Waals surface area contributed by atoms with Crippen LogP contribution in [0, 0.1) is 0 Å². The van der Waals surface area contributed by atoms with Crippen molar-refractivity contribution in [2.45, 2.75) is 6.54 Å². The zero-order valence-electron chi connectivity index (χ0n) is 15.3. The SMILES string of the molecule is CN1CCN(CCNc2ccc(-c3ccccc3)c3c2C(=O)NC3)CC1. The van der Waals surface area contributed by atoms with Gasteiger partial charge in [-0.3, -0.25) is 9.69 Å². The summed E-state index contributed by atoms with van der Waals surface area (Å²) < 4.78 is 0. The van der Waals surface area contributed by atoms with E-state index < -0.39 is 0 Å². The van der Waals surface area contributed by atoms with Crippen LogP contribution in [-0.4, -0.2) is 62.0 Å². The van der Waals surface area contributed by atoms with Gasteiger partial charge in [-0.2, -0.15) is 0 Å². The van der Waals surface area contributed by atoms with Crippen LogP contribution < -0.4 is 10.6 Å². The lowest BCUT2D eigenvalue weighted by Gasteiger charge is -2.32. The Bertz CT molecular complexity index is 782. The summed E-state index contributed by atoms with van der Waals surface area (Å²) in [6, 6.07) is 14.5. The zero-order chi connectivity index (χ0) is 17.9. The van der Waals surface area contributed by atoms with Crippen LogP contribution >= 0.6 is 0 Å². The Morgan fingerprint density at radius 1 is 1.04 bits per heavy atom. The molecule has 26 heavy (non-hydrogen) atoms. The Morgan fingerprint density at radius 3 is 2.58 bits per heavy atom. The van der Waals surface area contributed by atoms with Gasteiger partial charge in [0, 0.05) is 51.5 Å². The van der Waals surface area contributed by atoms with Gasteiger partial charge in [-0.25, -0.2) is 0 Å². The molecule has 0 unspecified atom stereocenters. The second-order valence-corrected chi connectivity index (χ2v) is 7.13. The Labute approximate surface area is 155 Å². The number of carbonyl (C=O) groups excluding carboxylic acids is 1. The summed E-state index contributed by atoms with van der Waals surface area (Å²) in [5.74, 6) is 0.0277. The van der Waals surface area contributed by atoms with Crippen molar-refractivity contribution in [2.75, 3.05) is 51.6 Å². The fourth-order valence-corrected chi connectivity index (χ4v) is 3.80. The number of amides is 1. The van der Waals surface area contributed by atoms with Gasteiger partial charge < -0.3 is 15.5 Å². The van der Waals surface area contributed by atoms with Crippen molar-refractivity contribution in [3.05, 3.63) is 53.6 Å². The van der Waals surface area contributed by atoms with Gasteiger partial charge in [0.2, 0.25) is 0 Å². The molecule has 5 heteroatoms. The Balaban J connectivity index is 1.49. The van der Waals surface area contributed by atoms with E-state index in [1.807, 2.05) is 18.2 Å². The molecule has 4 rings (SSSR count). The molecule has 0 atom stereocenters. The first-order chi connectivity index (χ1) is 12.7. The van der Waals surface area contributed by atoms with Gasteiger partial charge in [-0.05, 0) is 29.8 Å². The summed E-state index contributed by atoms with van der Waals surface area (Å²) in [6.45, 7) is 6.95. The second kappa shape index (κ2) is 7.48. The fraction of sp³-hybridized carbons (Fsp3) is 0.381. The predicted octanol–water partition coefficient (Wildman–Crippen LogP) is 2.26. The number of piperazine rings is 1. The second-order valence-electron chi connectivity index (χ2n) is 7.13. The number of rotatable bonds is 5.